The van der Waals surface area contributed by atoms with Gasteiger partial charge in [0, 0.05) is 18.5 Å². The van der Waals surface area contributed by atoms with Crippen LogP contribution in [0.2, 0.25) is 5.02 Å². The molecule has 2 rings (SSSR count). The zero-order valence-electron chi connectivity index (χ0n) is 11.4. The molecular formula is C13H17ClF2N2O2S. The van der Waals surface area contributed by atoms with Gasteiger partial charge < -0.3 is 5.32 Å². The molecule has 1 aromatic rings. The van der Waals surface area contributed by atoms with E-state index in [1.165, 1.54) is 13.0 Å². The number of benzene rings is 1. The fourth-order valence-corrected chi connectivity index (χ4v) is 3.77. The molecule has 0 aliphatic carbocycles. The number of halogens is 3. The molecular weight excluding hydrogens is 322 g/mol. The van der Waals surface area contributed by atoms with E-state index in [-0.39, 0.29) is 18.0 Å². The molecule has 4 nitrogen and oxygen atoms in total. The fourth-order valence-electron chi connectivity index (χ4n) is 2.78. The van der Waals surface area contributed by atoms with E-state index in [0.717, 1.165) is 0 Å². The molecule has 3 N–H and O–H groups in total. The van der Waals surface area contributed by atoms with Crippen LogP contribution in [0.1, 0.15) is 12.5 Å². The Hall–Kier alpha value is -0.760. The second-order valence-corrected chi connectivity index (χ2v) is 7.65. The maximum atomic E-state index is 14.0. The van der Waals surface area contributed by atoms with Crippen molar-refractivity contribution in [2.75, 3.05) is 6.54 Å². The van der Waals surface area contributed by atoms with Crippen LogP contribution in [0.4, 0.5) is 8.78 Å². The van der Waals surface area contributed by atoms with Crippen molar-refractivity contribution in [3.8, 4) is 0 Å². The lowest BCUT2D eigenvalue weighted by Gasteiger charge is -2.25. The van der Waals surface area contributed by atoms with Gasteiger partial charge in [0.05, 0.1) is 10.3 Å². The molecule has 0 saturated carbocycles. The molecule has 1 saturated heterocycles. The van der Waals surface area contributed by atoms with Crippen molar-refractivity contribution in [2.24, 2.45) is 11.1 Å². The van der Waals surface area contributed by atoms with Crippen LogP contribution < -0.4 is 10.5 Å². The van der Waals surface area contributed by atoms with Gasteiger partial charge in [-0.15, -0.1) is 0 Å². The first-order valence-electron chi connectivity index (χ1n) is 6.53. The third-order valence-corrected chi connectivity index (χ3v) is 5.63. The first-order valence-corrected chi connectivity index (χ1v) is 8.52. The van der Waals surface area contributed by atoms with E-state index in [2.05, 4.69) is 5.32 Å². The molecule has 0 spiro atoms. The summed E-state index contributed by atoms with van der Waals surface area (Å²) in [4.78, 5) is 0. The maximum absolute atomic E-state index is 14.0. The summed E-state index contributed by atoms with van der Waals surface area (Å²) in [6, 6.07) is 4.06. The minimum absolute atomic E-state index is 0.0154. The number of nitrogens with one attached hydrogen (secondary N) is 1. The van der Waals surface area contributed by atoms with Gasteiger partial charge in [0.1, 0.15) is 12.0 Å². The van der Waals surface area contributed by atoms with Crippen LogP contribution in [0.3, 0.4) is 0 Å². The highest BCUT2D eigenvalue weighted by molar-refractivity contribution is 7.89. The largest absolute Gasteiger partial charge is 0.310 e. The Morgan fingerprint density at radius 3 is 2.81 bits per heavy atom. The Morgan fingerprint density at radius 1 is 1.52 bits per heavy atom. The Bertz CT molecular complexity index is 627. The van der Waals surface area contributed by atoms with Crippen molar-refractivity contribution in [2.45, 2.75) is 30.8 Å². The molecule has 1 heterocycles. The summed E-state index contributed by atoms with van der Waals surface area (Å²) < 4.78 is 50.9. The number of sulfonamides is 1. The standard InChI is InChI=1S/C13H17ClF2N2O2S/c1-7(21(17,19)20)12-10(15)6-18-11(12)5-8-3-2-4-9(14)13(8)16/h2-4,7,10-12,18H,5-6H2,1H3,(H2,17,19,20)/t7?,10-,11+,12+/m1/s1. The normalized spacial score (nSPS) is 27.8. The van der Waals surface area contributed by atoms with E-state index in [1.54, 1.807) is 12.1 Å². The molecule has 0 radical (unpaired) electrons. The van der Waals surface area contributed by atoms with Crippen LogP contribution in [0, 0.1) is 11.7 Å². The Labute approximate surface area is 127 Å². The van der Waals surface area contributed by atoms with Crippen molar-refractivity contribution in [1.29, 1.82) is 0 Å². The third-order valence-electron chi connectivity index (χ3n) is 3.99. The molecule has 8 heteroatoms. The summed E-state index contributed by atoms with van der Waals surface area (Å²) in [6.07, 6.45) is -1.19. The van der Waals surface area contributed by atoms with E-state index in [9.17, 15) is 17.2 Å². The van der Waals surface area contributed by atoms with E-state index < -0.39 is 39.2 Å². The summed E-state index contributed by atoms with van der Waals surface area (Å²) in [5, 5.41) is 6.95. The van der Waals surface area contributed by atoms with Crippen molar-refractivity contribution in [3.63, 3.8) is 0 Å². The van der Waals surface area contributed by atoms with E-state index in [4.69, 9.17) is 16.7 Å². The van der Waals surface area contributed by atoms with Crippen molar-refractivity contribution in [3.05, 3.63) is 34.6 Å². The minimum atomic E-state index is -3.86. The van der Waals surface area contributed by atoms with E-state index in [1.807, 2.05) is 0 Å². The van der Waals surface area contributed by atoms with Crippen LogP contribution in [0.15, 0.2) is 18.2 Å². The number of rotatable bonds is 4. The highest BCUT2D eigenvalue weighted by Gasteiger charge is 2.43. The molecule has 0 bridgehead atoms. The second kappa shape index (κ2) is 6.16. The topological polar surface area (TPSA) is 72.2 Å². The lowest BCUT2D eigenvalue weighted by atomic mass is 9.91. The predicted molar refractivity (Wildman–Crippen MR) is 77.9 cm³/mol. The van der Waals surface area contributed by atoms with Gasteiger partial charge >= 0.3 is 0 Å². The second-order valence-electron chi connectivity index (χ2n) is 5.32. The van der Waals surface area contributed by atoms with E-state index in [0.29, 0.717) is 5.56 Å². The number of hydrogen-bond acceptors (Lipinski definition) is 3. The first-order chi connectivity index (χ1) is 9.71. The quantitative estimate of drug-likeness (QED) is 0.876. The van der Waals surface area contributed by atoms with Crippen LogP contribution in [0.5, 0.6) is 0 Å². The molecule has 0 aromatic heterocycles. The van der Waals surface area contributed by atoms with Gasteiger partial charge in [-0.2, -0.15) is 0 Å². The van der Waals surface area contributed by atoms with Crippen LogP contribution >= 0.6 is 11.6 Å². The van der Waals surface area contributed by atoms with Gasteiger partial charge in [-0.3, -0.25) is 0 Å². The molecule has 1 aromatic carbocycles. The van der Waals surface area contributed by atoms with Gasteiger partial charge in [0.2, 0.25) is 10.0 Å². The summed E-state index contributed by atoms with van der Waals surface area (Å²) in [5.41, 5.74) is 0.320. The van der Waals surface area contributed by atoms with Gasteiger partial charge in [-0.25, -0.2) is 22.3 Å². The maximum Gasteiger partial charge on any atom is 0.212 e. The Balaban J connectivity index is 2.24. The van der Waals surface area contributed by atoms with Gasteiger partial charge in [-0.05, 0) is 25.0 Å². The third kappa shape index (κ3) is 3.53. The zero-order chi connectivity index (χ0) is 15.8. The van der Waals surface area contributed by atoms with Gasteiger partial charge in [-0.1, -0.05) is 23.7 Å². The average molecular weight is 339 g/mol. The van der Waals surface area contributed by atoms with Crippen molar-refractivity contribution >= 4 is 21.6 Å². The zero-order valence-corrected chi connectivity index (χ0v) is 13.0. The lowest BCUT2D eigenvalue weighted by molar-refractivity contribution is 0.255. The molecule has 1 unspecified atom stereocenters. The molecule has 21 heavy (non-hydrogen) atoms. The summed E-state index contributed by atoms with van der Waals surface area (Å²) in [6.45, 7) is 1.40. The SMILES string of the molecule is CC([C@H]1[C@H](F)CN[C@H]1Cc1cccc(Cl)c1F)S(N)(=O)=O. The summed E-state index contributed by atoms with van der Waals surface area (Å²) >= 11 is 5.71. The molecule has 4 atom stereocenters. The first kappa shape index (κ1) is 16.6. The minimum Gasteiger partial charge on any atom is -0.310 e. The van der Waals surface area contributed by atoms with Gasteiger partial charge in [0.25, 0.3) is 0 Å². The monoisotopic (exact) mass is 338 g/mol. The van der Waals surface area contributed by atoms with Gasteiger partial charge in [0.15, 0.2) is 0 Å². The molecule has 118 valence electrons. The van der Waals surface area contributed by atoms with Crippen LogP contribution in [-0.2, 0) is 16.4 Å². The number of nitrogens with two attached hydrogens (primary N) is 1. The summed E-state index contributed by atoms with van der Waals surface area (Å²) in [5.74, 6) is -1.39. The predicted octanol–water partition coefficient (Wildman–Crippen LogP) is 1.62. The number of primary sulfonamides is 1. The van der Waals surface area contributed by atoms with E-state index >= 15 is 0 Å². The van der Waals surface area contributed by atoms with Crippen molar-refractivity contribution < 1.29 is 17.2 Å². The molecule has 1 fully saturated rings. The highest BCUT2D eigenvalue weighted by Crippen LogP contribution is 2.29. The summed E-state index contributed by atoms with van der Waals surface area (Å²) in [7, 11) is -3.86. The fraction of sp³-hybridized carbons (Fsp3) is 0.538. The smallest absolute Gasteiger partial charge is 0.212 e. The van der Waals surface area contributed by atoms with Crippen molar-refractivity contribution in [1.82, 2.24) is 5.32 Å². The Kier molecular flexibility index (Phi) is 4.87. The highest BCUT2D eigenvalue weighted by atomic mass is 35.5. The average Bonchev–Trinajstić information content (AvgIpc) is 2.74. The van der Waals surface area contributed by atoms with Crippen LogP contribution in [-0.4, -0.2) is 32.4 Å². The molecule has 1 aliphatic rings. The molecule has 1 aliphatic heterocycles. The Morgan fingerprint density at radius 2 is 2.19 bits per heavy atom. The van der Waals surface area contributed by atoms with Crippen LogP contribution in [0.25, 0.3) is 0 Å². The number of alkyl halides is 1. The number of hydrogen-bond donors (Lipinski definition) is 2. The lowest BCUT2D eigenvalue weighted by Crippen LogP contribution is -2.42. The molecule has 0 amide bonds.